The lowest BCUT2D eigenvalue weighted by Gasteiger charge is -2.27. The molecule has 2 aromatic carbocycles. The maximum absolute atomic E-state index is 12.7. The second-order valence-corrected chi connectivity index (χ2v) is 5.04. The number of anilines is 1. The third-order valence-corrected chi connectivity index (χ3v) is 3.54. The van der Waals surface area contributed by atoms with Gasteiger partial charge in [0.15, 0.2) is 0 Å². The van der Waals surface area contributed by atoms with Gasteiger partial charge in [-0.3, -0.25) is 14.9 Å². The zero-order valence-corrected chi connectivity index (χ0v) is 12.9. The summed E-state index contributed by atoms with van der Waals surface area (Å²) in [6.07, 6.45) is 1.45. The lowest BCUT2D eigenvalue weighted by atomic mass is 10.1. The molecule has 0 bridgehead atoms. The number of nitrogens with zero attached hydrogens (tertiary/aromatic N) is 1. The van der Waals surface area contributed by atoms with Crippen LogP contribution in [0.15, 0.2) is 60.2 Å². The zero-order chi connectivity index (χ0) is 17.1. The highest BCUT2D eigenvalue weighted by molar-refractivity contribution is 6.39. The summed E-state index contributed by atoms with van der Waals surface area (Å²) < 4.78 is 5.20. The van der Waals surface area contributed by atoms with Gasteiger partial charge in [0, 0.05) is 0 Å². The first kappa shape index (κ1) is 15.5. The summed E-state index contributed by atoms with van der Waals surface area (Å²) in [6, 6.07) is 14.7. The number of carbonyl (C=O) groups excluding carboxylic acids is 3. The van der Waals surface area contributed by atoms with E-state index in [1.54, 1.807) is 48.5 Å². The molecule has 0 atom stereocenters. The lowest BCUT2D eigenvalue weighted by Crippen LogP contribution is -2.54. The van der Waals surface area contributed by atoms with Crippen molar-refractivity contribution in [3.05, 3.63) is 65.7 Å². The smallest absolute Gasteiger partial charge is 0.336 e. The van der Waals surface area contributed by atoms with E-state index >= 15 is 0 Å². The van der Waals surface area contributed by atoms with Crippen LogP contribution < -0.4 is 15.0 Å². The Hall–Kier alpha value is -3.41. The van der Waals surface area contributed by atoms with Gasteiger partial charge in [0.25, 0.3) is 11.8 Å². The van der Waals surface area contributed by atoms with Gasteiger partial charge < -0.3 is 4.74 Å². The number of nitrogens with one attached hydrogen (secondary N) is 1. The van der Waals surface area contributed by atoms with E-state index in [9.17, 15) is 14.4 Å². The first-order valence-electron chi connectivity index (χ1n) is 7.21. The molecule has 6 heteroatoms. The number of rotatable bonds is 3. The number of amides is 4. The van der Waals surface area contributed by atoms with Gasteiger partial charge in [0.2, 0.25) is 0 Å². The number of methoxy groups -OCH3 is 1. The number of urea groups is 1. The largest absolute Gasteiger partial charge is 0.495 e. The Morgan fingerprint density at radius 3 is 2.33 bits per heavy atom. The van der Waals surface area contributed by atoms with Crippen LogP contribution >= 0.6 is 0 Å². The number of ether oxygens (including phenoxy) is 1. The molecule has 1 heterocycles. The summed E-state index contributed by atoms with van der Waals surface area (Å²) in [4.78, 5) is 37.9. The highest BCUT2D eigenvalue weighted by Crippen LogP contribution is 2.30. The molecule has 120 valence electrons. The van der Waals surface area contributed by atoms with Gasteiger partial charge >= 0.3 is 6.03 Å². The highest BCUT2D eigenvalue weighted by atomic mass is 16.5. The molecule has 1 saturated heterocycles. The van der Waals surface area contributed by atoms with Gasteiger partial charge in [0.1, 0.15) is 11.3 Å². The molecule has 0 aliphatic carbocycles. The molecule has 0 aromatic heterocycles. The van der Waals surface area contributed by atoms with Gasteiger partial charge in [-0.1, -0.05) is 42.5 Å². The number of hydrogen-bond acceptors (Lipinski definition) is 4. The SMILES string of the molecule is COc1ccccc1N1C(=O)NC(=O)C(=Cc2ccccc2)C1=O. The van der Waals surface area contributed by atoms with Crippen molar-refractivity contribution in [1.82, 2.24) is 5.32 Å². The van der Waals surface area contributed by atoms with Crippen LogP contribution in [0.2, 0.25) is 0 Å². The second kappa shape index (κ2) is 6.37. The Morgan fingerprint density at radius 1 is 0.958 bits per heavy atom. The standard InChI is InChI=1S/C18H14N2O4/c1-24-15-10-6-5-9-14(15)20-17(22)13(16(21)19-18(20)23)11-12-7-3-2-4-8-12/h2-11H,1H3,(H,19,21,23). The van der Waals surface area contributed by atoms with Crippen LogP contribution in [0.3, 0.4) is 0 Å². The van der Waals surface area contributed by atoms with E-state index in [2.05, 4.69) is 5.32 Å². The van der Waals surface area contributed by atoms with Gasteiger partial charge in [0.05, 0.1) is 12.8 Å². The molecule has 1 aliphatic heterocycles. The number of benzene rings is 2. The second-order valence-electron chi connectivity index (χ2n) is 5.04. The first-order valence-corrected chi connectivity index (χ1v) is 7.21. The summed E-state index contributed by atoms with van der Waals surface area (Å²) in [5.41, 5.74) is 0.839. The van der Waals surface area contributed by atoms with E-state index in [1.165, 1.54) is 13.2 Å². The van der Waals surface area contributed by atoms with E-state index in [4.69, 9.17) is 4.74 Å². The van der Waals surface area contributed by atoms with E-state index in [0.29, 0.717) is 11.3 Å². The van der Waals surface area contributed by atoms with Gasteiger partial charge in [-0.25, -0.2) is 9.69 Å². The summed E-state index contributed by atoms with van der Waals surface area (Å²) >= 11 is 0. The minimum atomic E-state index is -0.806. The number of imide groups is 2. The van der Waals surface area contributed by atoms with E-state index in [0.717, 1.165) is 4.90 Å². The van der Waals surface area contributed by atoms with E-state index in [-0.39, 0.29) is 11.3 Å². The van der Waals surface area contributed by atoms with Crippen LogP contribution in [-0.4, -0.2) is 25.0 Å². The molecule has 1 N–H and O–H groups in total. The Bertz CT molecular complexity index is 843. The number of para-hydroxylation sites is 2. The molecule has 0 unspecified atom stereocenters. The Kier molecular flexibility index (Phi) is 4.11. The molecule has 1 fully saturated rings. The van der Waals surface area contributed by atoms with Gasteiger partial charge in [-0.2, -0.15) is 0 Å². The average Bonchev–Trinajstić information content (AvgIpc) is 2.60. The van der Waals surface area contributed by atoms with Crippen LogP contribution in [0, 0.1) is 0 Å². The molecule has 2 aromatic rings. The zero-order valence-electron chi connectivity index (χ0n) is 12.9. The summed E-state index contributed by atoms with van der Waals surface area (Å²) in [5.74, 6) is -1.06. The molecule has 0 saturated carbocycles. The molecule has 3 rings (SSSR count). The van der Waals surface area contributed by atoms with Crippen molar-refractivity contribution < 1.29 is 19.1 Å². The van der Waals surface area contributed by atoms with Crippen molar-refractivity contribution in [2.24, 2.45) is 0 Å². The fourth-order valence-electron chi connectivity index (χ4n) is 2.41. The maximum Gasteiger partial charge on any atom is 0.336 e. The maximum atomic E-state index is 12.7. The van der Waals surface area contributed by atoms with Crippen molar-refractivity contribution in [2.45, 2.75) is 0 Å². The van der Waals surface area contributed by atoms with Crippen LogP contribution in [0.4, 0.5) is 10.5 Å². The molecule has 6 nitrogen and oxygen atoms in total. The van der Waals surface area contributed by atoms with Crippen LogP contribution in [0.25, 0.3) is 6.08 Å². The third kappa shape index (κ3) is 2.77. The lowest BCUT2D eigenvalue weighted by molar-refractivity contribution is -0.122. The quantitative estimate of drug-likeness (QED) is 0.695. The molecule has 0 radical (unpaired) electrons. The Balaban J connectivity index is 2.05. The minimum absolute atomic E-state index is 0.119. The fraction of sp³-hybridized carbons (Fsp3) is 0.0556. The summed E-state index contributed by atoms with van der Waals surface area (Å²) in [7, 11) is 1.44. The molecule has 4 amide bonds. The molecular weight excluding hydrogens is 308 g/mol. The molecular formula is C18H14N2O4. The van der Waals surface area contributed by atoms with Crippen LogP contribution in [0.1, 0.15) is 5.56 Å². The highest BCUT2D eigenvalue weighted by Gasteiger charge is 2.37. The fourth-order valence-corrected chi connectivity index (χ4v) is 2.41. The number of hydrogen-bond donors (Lipinski definition) is 1. The van der Waals surface area contributed by atoms with Crippen molar-refractivity contribution >= 4 is 29.6 Å². The molecule has 0 spiro atoms. The van der Waals surface area contributed by atoms with Crippen LogP contribution in [0.5, 0.6) is 5.75 Å². The first-order chi connectivity index (χ1) is 11.6. The van der Waals surface area contributed by atoms with Crippen molar-refractivity contribution in [3.63, 3.8) is 0 Å². The van der Waals surface area contributed by atoms with Crippen molar-refractivity contribution in [2.75, 3.05) is 12.0 Å². The van der Waals surface area contributed by atoms with Crippen LogP contribution in [-0.2, 0) is 9.59 Å². The van der Waals surface area contributed by atoms with E-state index in [1.807, 2.05) is 6.07 Å². The summed E-state index contributed by atoms with van der Waals surface area (Å²) in [6.45, 7) is 0. The predicted octanol–water partition coefficient (Wildman–Crippen LogP) is 2.36. The topological polar surface area (TPSA) is 75.7 Å². The normalized spacial score (nSPS) is 16.3. The van der Waals surface area contributed by atoms with Gasteiger partial charge in [-0.15, -0.1) is 0 Å². The van der Waals surface area contributed by atoms with Gasteiger partial charge in [-0.05, 0) is 23.8 Å². The average molecular weight is 322 g/mol. The third-order valence-electron chi connectivity index (χ3n) is 3.54. The number of barbiturate groups is 1. The van der Waals surface area contributed by atoms with E-state index < -0.39 is 17.8 Å². The monoisotopic (exact) mass is 322 g/mol. The van der Waals surface area contributed by atoms with Crippen molar-refractivity contribution in [1.29, 1.82) is 0 Å². The Labute approximate surface area is 138 Å². The molecule has 24 heavy (non-hydrogen) atoms. The minimum Gasteiger partial charge on any atom is -0.495 e. The van der Waals surface area contributed by atoms with Crippen molar-refractivity contribution in [3.8, 4) is 5.75 Å². The summed E-state index contributed by atoms with van der Waals surface area (Å²) in [5, 5.41) is 2.18. The Morgan fingerprint density at radius 2 is 1.62 bits per heavy atom. The predicted molar refractivity (Wildman–Crippen MR) is 88.4 cm³/mol. The number of carbonyl (C=O) groups is 3. The molecule has 1 aliphatic rings.